The summed E-state index contributed by atoms with van der Waals surface area (Å²) in [6, 6.07) is -0.192. The maximum atomic E-state index is 12.1. The van der Waals surface area contributed by atoms with E-state index in [1.165, 1.54) is 0 Å². The van der Waals surface area contributed by atoms with E-state index < -0.39 is 12.6 Å². The Kier molecular flexibility index (Phi) is 5.88. The van der Waals surface area contributed by atoms with Crippen LogP contribution in [0.4, 0.5) is 13.2 Å². The van der Waals surface area contributed by atoms with E-state index in [4.69, 9.17) is 10.6 Å². The second-order valence-electron chi connectivity index (χ2n) is 4.93. The molecule has 1 fully saturated rings. The highest BCUT2D eigenvalue weighted by Crippen LogP contribution is 2.38. The highest BCUT2D eigenvalue weighted by Gasteiger charge is 2.41. The van der Waals surface area contributed by atoms with Crippen molar-refractivity contribution in [1.29, 1.82) is 0 Å². The van der Waals surface area contributed by atoms with E-state index in [2.05, 4.69) is 5.43 Å². The lowest BCUT2D eigenvalue weighted by molar-refractivity contribution is -0.137. The van der Waals surface area contributed by atoms with Gasteiger partial charge in [-0.25, -0.2) is 0 Å². The van der Waals surface area contributed by atoms with Crippen molar-refractivity contribution in [1.82, 2.24) is 5.43 Å². The van der Waals surface area contributed by atoms with Crippen LogP contribution in [0.3, 0.4) is 0 Å². The highest BCUT2D eigenvalue weighted by molar-refractivity contribution is 4.96. The van der Waals surface area contributed by atoms with Crippen molar-refractivity contribution < 1.29 is 17.9 Å². The molecule has 6 heteroatoms. The minimum atomic E-state index is -4.09. The van der Waals surface area contributed by atoms with Gasteiger partial charge < -0.3 is 4.74 Å². The molecule has 1 unspecified atom stereocenters. The number of hydrogen-bond donors (Lipinski definition) is 2. The Morgan fingerprint density at radius 3 is 2.39 bits per heavy atom. The van der Waals surface area contributed by atoms with Crippen LogP contribution in [0.1, 0.15) is 51.9 Å². The summed E-state index contributed by atoms with van der Waals surface area (Å²) in [6.07, 6.45) is -0.497. The molecule has 0 saturated heterocycles. The van der Waals surface area contributed by atoms with Gasteiger partial charge >= 0.3 is 6.18 Å². The summed E-state index contributed by atoms with van der Waals surface area (Å²) in [5, 5.41) is 0. The number of nitrogens with one attached hydrogen (secondary N) is 1. The summed E-state index contributed by atoms with van der Waals surface area (Å²) in [6.45, 7) is 2.47. The lowest BCUT2D eigenvalue weighted by atomic mass is 9.88. The fourth-order valence-electron chi connectivity index (χ4n) is 2.86. The van der Waals surface area contributed by atoms with E-state index in [9.17, 15) is 13.2 Å². The summed E-state index contributed by atoms with van der Waals surface area (Å²) >= 11 is 0. The Morgan fingerprint density at radius 2 is 1.94 bits per heavy atom. The predicted molar refractivity (Wildman–Crippen MR) is 63.8 cm³/mol. The molecule has 0 spiro atoms. The summed E-state index contributed by atoms with van der Waals surface area (Å²) in [7, 11) is 0. The van der Waals surface area contributed by atoms with Gasteiger partial charge in [0.25, 0.3) is 0 Å². The molecule has 3 nitrogen and oxygen atoms in total. The van der Waals surface area contributed by atoms with Crippen molar-refractivity contribution >= 4 is 0 Å². The van der Waals surface area contributed by atoms with Crippen LogP contribution >= 0.6 is 0 Å². The molecule has 1 aliphatic rings. The van der Waals surface area contributed by atoms with Crippen molar-refractivity contribution in [3.8, 4) is 0 Å². The molecule has 0 bridgehead atoms. The minimum Gasteiger partial charge on any atom is -0.374 e. The van der Waals surface area contributed by atoms with Gasteiger partial charge in [-0.3, -0.25) is 11.3 Å². The van der Waals surface area contributed by atoms with Crippen molar-refractivity contribution in [2.24, 2.45) is 5.84 Å². The van der Waals surface area contributed by atoms with Gasteiger partial charge in [0.2, 0.25) is 0 Å². The number of halogens is 3. The number of hydrazine groups is 1. The molecular formula is C12H23F3N2O. The van der Waals surface area contributed by atoms with Gasteiger partial charge in [-0.2, -0.15) is 13.2 Å². The van der Waals surface area contributed by atoms with Crippen LogP contribution in [0.2, 0.25) is 0 Å². The molecule has 1 atom stereocenters. The Labute approximate surface area is 106 Å². The third kappa shape index (κ3) is 4.40. The zero-order chi connectivity index (χ0) is 13.6. The minimum absolute atomic E-state index is 0.0905. The normalized spacial score (nSPS) is 21.2. The van der Waals surface area contributed by atoms with Crippen LogP contribution in [0.15, 0.2) is 0 Å². The Balaban J connectivity index is 2.52. The molecule has 0 aromatic rings. The first-order valence-electron chi connectivity index (χ1n) is 6.60. The fourth-order valence-corrected chi connectivity index (χ4v) is 2.86. The molecule has 0 radical (unpaired) electrons. The van der Waals surface area contributed by atoms with Gasteiger partial charge in [0.15, 0.2) is 0 Å². The zero-order valence-electron chi connectivity index (χ0n) is 10.9. The molecule has 1 aliphatic carbocycles. The molecule has 1 saturated carbocycles. The van der Waals surface area contributed by atoms with Gasteiger partial charge in [0.1, 0.15) is 0 Å². The van der Waals surface area contributed by atoms with Crippen LogP contribution in [0.5, 0.6) is 0 Å². The number of nitrogens with two attached hydrogens (primary N) is 1. The predicted octanol–water partition coefficient (Wildman–Crippen LogP) is 2.90. The van der Waals surface area contributed by atoms with E-state index >= 15 is 0 Å². The van der Waals surface area contributed by atoms with Gasteiger partial charge in [0, 0.05) is 13.0 Å². The summed E-state index contributed by atoms with van der Waals surface area (Å²) in [4.78, 5) is 0. The first-order valence-corrected chi connectivity index (χ1v) is 6.60. The number of rotatable bonds is 7. The average molecular weight is 268 g/mol. The summed E-state index contributed by atoms with van der Waals surface area (Å²) < 4.78 is 42.2. The van der Waals surface area contributed by atoms with Crippen LogP contribution in [-0.2, 0) is 4.74 Å². The van der Waals surface area contributed by atoms with Crippen LogP contribution < -0.4 is 11.3 Å². The highest BCUT2D eigenvalue weighted by atomic mass is 19.4. The molecular weight excluding hydrogens is 245 g/mol. The first kappa shape index (κ1) is 15.7. The Bertz CT molecular complexity index is 240. The van der Waals surface area contributed by atoms with E-state index in [1.54, 1.807) is 0 Å². The molecule has 3 N–H and O–H groups in total. The number of hydrogen-bond acceptors (Lipinski definition) is 3. The topological polar surface area (TPSA) is 47.3 Å². The lowest BCUT2D eigenvalue weighted by Gasteiger charge is -2.37. The van der Waals surface area contributed by atoms with Crippen LogP contribution in [-0.4, -0.2) is 24.4 Å². The van der Waals surface area contributed by atoms with Crippen LogP contribution in [0, 0.1) is 0 Å². The van der Waals surface area contributed by atoms with Gasteiger partial charge in [-0.15, -0.1) is 0 Å². The summed E-state index contributed by atoms with van der Waals surface area (Å²) in [5.74, 6) is 5.51. The van der Waals surface area contributed by atoms with E-state index in [0.717, 1.165) is 25.7 Å². The molecule has 0 aliphatic heterocycles. The molecule has 0 amide bonds. The van der Waals surface area contributed by atoms with E-state index in [0.29, 0.717) is 13.0 Å². The number of ether oxygens (including phenoxy) is 1. The van der Waals surface area contributed by atoms with Crippen molar-refractivity contribution in [3.63, 3.8) is 0 Å². The monoisotopic (exact) mass is 268 g/mol. The maximum Gasteiger partial charge on any atom is 0.389 e. The van der Waals surface area contributed by atoms with Gasteiger partial charge in [-0.1, -0.05) is 12.8 Å². The van der Waals surface area contributed by atoms with E-state index in [1.807, 2.05) is 6.92 Å². The third-order valence-corrected chi connectivity index (χ3v) is 3.67. The smallest absolute Gasteiger partial charge is 0.374 e. The molecule has 1 rings (SSSR count). The molecule has 0 aromatic carbocycles. The SMILES string of the molecule is CCOC1(C(CCCC(F)(F)F)NN)CCCC1. The van der Waals surface area contributed by atoms with E-state index in [-0.39, 0.29) is 18.1 Å². The largest absolute Gasteiger partial charge is 0.389 e. The Hall–Kier alpha value is -0.330. The van der Waals surface area contributed by atoms with Crippen molar-refractivity contribution in [3.05, 3.63) is 0 Å². The number of alkyl halides is 3. The molecule has 0 aromatic heterocycles. The molecule has 18 heavy (non-hydrogen) atoms. The second-order valence-corrected chi connectivity index (χ2v) is 4.93. The lowest BCUT2D eigenvalue weighted by Crippen LogP contribution is -2.53. The molecule has 108 valence electrons. The summed E-state index contributed by atoms with van der Waals surface area (Å²) in [5.41, 5.74) is 2.30. The Morgan fingerprint density at radius 1 is 1.33 bits per heavy atom. The average Bonchev–Trinajstić information content (AvgIpc) is 2.73. The van der Waals surface area contributed by atoms with Crippen molar-refractivity contribution in [2.75, 3.05) is 6.61 Å². The zero-order valence-corrected chi connectivity index (χ0v) is 10.9. The van der Waals surface area contributed by atoms with Gasteiger partial charge in [-0.05, 0) is 32.6 Å². The fraction of sp³-hybridized carbons (Fsp3) is 1.00. The maximum absolute atomic E-state index is 12.1. The van der Waals surface area contributed by atoms with Crippen molar-refractivity contribution in [2.45, 2.75) is 69.7 Å². The third-order valence-electron chi connectivity index (χ3n) is 3.67. The quantitative estimate of drug-likeness (QED) is 0.551. The van der Waals surface area contributed by atoms with Gasteiger partial charge in [0.05, 0.1) is 11.6 Å². The standard InChI is InChI=1S/C12H23F3N2O/c1-2-18-11(7-3-4-8-11)10(17-16)6-5-9-12(13,14)15/h10,17H,2-9,16H2,1H3. The molecule has 0 heterocycles. The second kappa shape index (κ2) is 6.73. The first-order chi connectivity index (χ1) is 8.43. The van der Waals surface area contributed by atoms with Crippen LogP contribution in [0.25, 0.3) is 0 Å².